The van der Waals surface area contributed by atoms with Crippen LogP contribution >= 0.6 is 0 Å². The SMILES string of the molecule is C#CN(C(=O)C(NC(=O)OC(C)(C)C)C(C)C)C(C(=O)NCCCC)c1cccc(C)c1. The summed E-state index contributed by atoms with van der Waals surface area (Å²) >= 11 is 0. The predicted molar refractivity (Wildman–Crippen MR) is 126 cm³/mol. The largest absolute Gasteiger partial charge is 0.444 e. The summed E-state index contributed by atoms with van der Waals surface area (Å²) in [5.41, 5.74) is 0.819. The minimum Gasteiger partial charge on any atom is -0.444 e. The maximum Gasteiger partial charge on any atom is 0.408 e. The van der Waals surface area contributed by atoms with Crippen LogP contribution in [0.5, 0.6) is 0 Å². The van der Waals surface area contributed by atoms with Gasteiger partial charge < -0.3 is 15.4 Å². The van der Waals surface area contributed by atoms with Gasteiger partial charge in [-0.15, -0.1) is 0 Å². The Kier molecular flexibility index (Phi) is 10.2. The Morgan fingerprint density at radius 2 is 1.88 bits per heavy atom. The van der Waals surface area contributed by atoms with Crippen molar-refractivity contribution in [1.29, 1.82) is 0 Å². The van der Waals surface area contributed by atoms with Crippen molar-refractivity contribution < 1.29 is 19.1 Å². The lowest BCUT2D eigenvalue weighted by Gasteiger charge is -2.32. The van der Waals surface area contributed by atoms with E-state index in [2.05, 4.69) is 16.7 Å². The van der Waals surface area contributed by atoms with E-state index >= 15 is 0 Å². The van der Waals surface area contributed by atoms with E-state index in [1.165, 1.54) is 0 Å². The molecule has 7 heteroatoms. The zero-order valence-electron chi connectivity index (χ0n) is 20.3. The van der Waals surface area contributed by atoms with Crippen molar-refractivity contribution in [2.75, 3.05) is 6.54 Å². The summed E-state index contributed by atoms with van der Waals surface area (Å²) in [6, 6.07) is 7.70. The molecule has 2 N–H and O–H groups in total. The Balaban J connectivity index is 3.29. The number of nitrogens with one attached hydrogen (secondary N) is 2. The normalized spacial score (nSPS) is 13.0. The van der Waals surface area contributed by atoms with Gasteiger partial charge in [0.25, 0.3) is 5.91 Å². The number of unbranched alkanes of at least 4 members (excludes halogenated alkanes) is 1. The molecule has 0 saturated carbocycles. The van der Waals surface area contributed by atoms with Gasteiger partial charge in [-0.2, -0.15) is 0 Å². The Labute approximate surface area is 192 Å². The van der Waals surface area contributed by atoms with Crippen molar-refractivity contribution in [3.05, 3.63) is 35.4 Å². The monoisotopic (exact) mass is 443 g/mol. The van der Waals surface area contributed by atoms with Crippen molar-refractivity contribution in [2.24, 2.45) is 5.92 Å². The molecule has 0 bridgehead atoms. The summed E-state index contributed by atoms with van der Waals surface area (Å²) in [5, 5.41) is 5.49. The molecule has 0 spiro atoms. The number of terminal acetylenes is 1. The van der Waals surface area contributed by atoms with E-state index in [4.69, 9.17) is 11.2 Å². The molecule has 1 rings (SSSR count). The van der Waals surface area contributed by atoms with Crippen LogP contribution in [0.25, 0.3) is 0 Å². The third kappa shape index (κ3) is 8.26. The fraction of sp³-hybridized carbons (Fsp3) is 0.560. The Morgan fingerprint density at radius 3 is 2.38 bits per heavy atom. The van der Waals surface area contributed by atoms with Crippen LogP contribution in [0, 0.1) is 25.3 Å². The molecular weight excluding hydrogens is 406 g/mol. The number of hydrogen-bond donors (Lipinski definition) is 2. The van der Waals surface area contributed by atoms with Crippen LogP contribution < -0.4 is 10.6 Å². The molecule has 0 aliphatic carbocycles. The van der Waals surface area contributed by atoms with Gasteiger partial charge in [-0.05, 0) is 45.6 Å². The molecule has 0 radical (unpaired) electrons. The predicted octanol–water partition coefficient (Wildman–Crippen LogP) is 3.92. The van der Waals surface area contributed by atoms with E-state index < -0.39 is 29.7 Å². The lowest BCUT2D eigenvalue weighted by molar-refractivity contribution is -0.139. The molecule has 1 aromatic carbocycles. The highest BCUT2D eigenvalue weighted by atomic mass is 16.6. The summed E-state index contributed by atoms with van der Waals surface area (Å²) < 4.78 is 5.30. The number of carbonyl (C=O) groups excluding carboxylic acids is 3. The molecule has 0 aliphatic heterocycles. The van der Waals surface area contributed by atoms with Gasteiger partial charge in [-0.1, -0.05) is 63.4 Å². The van der Waals surface area contributed by atoms with Gasteiger partial charge in [-0.3, -0.25) is 14.5 Å². The van der Waals surface area contributed by atoms with Gasteiger partial charge in [0, 0.05) is 12.6 Å². The molecule has 0 heterocycles. The molecule has 176 valence electrons. The Bertz CT molecular complexity index is 836. The minimum atomic E-state index is -1.02. The van der Waals surface area contributed by atoms with Gasteiger partial charge in [0.1, 0.15) is 17.7 Å². The van der Waals surface area contributed by atoms with E-state index in [1.807, 2.05) is 32.0 Å². The number of hydrogen-bond acceptors (Lipinski definition) is 4. The maximum atomic E-state index is 13.5. The van der Waals surface area contributed by atoms with E-state index in [0.29, 0.717) is 12.1 Å². The van der Waals surface area contributed by atoms with E-state index in [0.717, 1.165) is 23.3 Å². The molecule has 32 heavy (non-hydrogen) atoms. The molecule has 2 atom stereocenters. The van der Waals surface area contributed by atoms with E-state index in [9.17, 15) is 14.4 Å². The number of rotatable bonds is 9. The molecule has 2 unspecified atom stereocenters. The highest BCUT2D eigenvalue weighted by molar-refractivity contribution is 5.93. The third-order valence-corrected chi connectivity index (χ3v) is 4.68. The fourth-order valence-electron chi connectivity index (χ4n) is 3.11. The topological polar surface area (TPSA) is 87.7 Å². The number of benzene rings is 1. The molecule has 7 nitrogen and oxygen atoms in total. The van der Waals surface area contributed by atoms with Crippen LogP contribution in [0.15, 0.2) is 24.3 Å². The second-order valence-electron chi connectivity index (χ2n) is 9.17. The molecule has 0 fully saturated rings. The summed E-state index contributed by atoms with van der Waals surface area (Å²) in [4.78, 5) is 40.0. The molecule has 0 aliphatic rings. The minimum absolute atomic E-state index is 0.285. The highest BCUT2D eigenvalue weighted by Crippen LogP contribution is 2.24. The van der Waals surface area contributed by atoms with E-state index in [1.54, 1.807) is 40.7 Å². The van der Waals surface area contributed by atoms with Crippen LogP contribution in [-0.4, -0.2) is 41.0 Å². The van der Waals surface area contributed by atoms with Crippen LogP contribution in [0.4, 0.5) is 4.79 Å². The number of amides is 3. The summed E-state index contributed by atoms with van der Waals surface area (Å²) in [6.45, 7) is 13.2. The second-order valence-corrected chi connectivity index (χ2v) is 9.17. The third-order valence-electron chi connectivity index (χ3n) is 4.68. The van der Waals surface area contributed by atoms with Gasteiger partial charge in [0.15, 0.2) is 0 Å². The summed E-state index contributed by atoms with van der Waals surface area (Å²) in [6.07, 6.45) is 6.75. The average Bonchev–Trinajstić information content (AvgIpc) is 2.68. The van der Waals surface area contributed by atoms with Crippen LogP contribution in [0.1, 0.15) is 71.6 Å². The first-order valence-electron chi connectivity index (χ1n) is 11.0. The van der Waals surface area contributed by atoms with Crippen LogP contribution in [0.3, 0.4) is 0 Å². The van der Waals surface area contributed by atoms with Crippen molar-refractivity contribution >= 4 is 17.9 Å². The van der Waals surface area contributed by atoms with Crippen molar-refractivity contribution in [2.45, 2.75) is 79.0 Å². The number of carbonyl (C=O) groups is 3. The number of nitrogens with zero attached hydrogens (tertiary/aromatic N) is 1. The highest BCUT2D eigenvalue weighted by Gasteiger charge is 2.37. The summed E-state index contributed by atoms with van der Waals surface area (Å²) in [7, 11) is 0. The lowest BCUT2D eigenvalue weighted by Crippen LogP contribution is -2.53. The fourth-order valence-corrected chi connectivity index (χ4v) is 3.11. The van der Waals surface area contributed by atoms with Gasteiger partial charge in [0.05, 0.1) is 0 Å². The number of ether oxygens (including phenoxy) is 1. The zero-order valence-corrected chi connectivity index (χ0v) is 20.3. The standard InChI is InChI=1S/C25H37N3O4/c1-9-11-15-26-22(29)21(19-14-12-13-18(5)16-19)28(10-2)23(30)20(17(3)4)27-24(31)32-25(6,7)8/h2,12-14,16-17,20-21H,9,11,15H2,1,3-8H3,(H,26,29)(H,27,31). The van der Waals surface area contributed by atoms with Crippen LogP contribution in [0.2, 0.25) is 0 Å². The smallest absolute Gasteiger partial charge is 0.408 e. The molecule has 1 aromatic rings. The molecule has 3 amide bonds. The molecule has 0 aromatic heterocycles. The van der Waals surface area contributed by atoms with Crippen molar-refractivity contribution in [3.8, 4) is 12.5 Å². The van der Waals surface area contributed by atoms with Gasteiger partial charge >= 0.3 is 6.09 Å². The zero-order chi connectivity index (χ0) is 24.5. The number of aryl methyl sites for hydroxylation is 1. The Morgan fingerprint density at radius 1 is 1.22 bits per heavy atom. The summed E-state index contributed by atoms with van der Waals surface area (Å²) in [5.74, 6) is -1.20. The maximum absolute atomic E-state index is 13.5. The number of alkyl carbamates (subject to hydrolysis) is 1. The lowest BCUT2D eigenvalue weighted by atomic mass is 9.98. The second kappa shape index (κ2) is 12.1. The van der Waals surface area contributed by atoms with Gasteiger partial charge in [0.2, 0.25) is 5.91 Å². The quantitative estimate of drug-likeness (QED) is 0.344. The average molecular weight is 444 g/mol. The first kappa shape index (κ1) is 27.0. The van der Waals surface area contributed by atoms with Crippen molar-refractivity contribution in [1.82, 2.24) is 15.5 Å². The van der Waals surface area contributed by atoms with E-state index in [-0.39, 0.29) is 11.8 Å². The van der Waals surface area contributed by atoms with Crippen LogP contribution in [-0.2, 0) is 14.3 Å². The molecule has 0 saturated heterocycles. The first-order chi connectivity index (χ1) is 14.9. The molecular formula is C25H37N3O4. The Hall–Kier alpha value is -3.01. The van der Waals surface area contributed by atoms with Gasteiger partial charge in [-0.25, -0.2) is 4.79 Å². The first-order valence-corrected chi connectivity index (χ1v) is 11.0. The van der Waals surface area contributed by atoms with Crippen molar-refractivity contribution in [3.63, 3.8) is 0 Å².